The quantitative estimate of drug-likeness (QED) is 0.581. The minimum Gasteiger partial charge on any atom is -0.481 e. The zero-order valence-electron chi connectivity index (χ0n) is 14.7. The van der Waals surface area contributed by atoms with Crippen LogP contribution >= 0.6 is 11.3 Å². The molecule has 26 heavy (non-hydrogen) atoms. The molecule has 1 unspecified atom stereocenters. The number of pyridine rings is 1. The first-order chi connectivity index (χ1) is 12.6. The molecular formula is C17H20N6O2S. The zero-order chi connectivity index (χ0) is 18.5. The van der Waals surface area contributed by atoms with Crippen LogP contribution in [0.5, 0.6) is 5.88 Å². The lowest BCUT2D eigenvalue weighted by atomic mass is 10.3. The van der Waals surface area contributed by atoms with Gasteiger partial charge < -0.3 is 20.5 Å². The van der Waals surface area contributed by atoms with Crippen LogP contribution in [0, 0.1) is 6.92 Å². The van der Waals surface area contributed by atoms with Crippen molar-refractivity contribution in [1.29, 1.82) is 0 Å². The van der Waals surface area contributed by atoms with Crippen LogP contribution in [0.2, 0.25) is 0 Å². The van der Waals surface area contributed by atoms with Crippen LogP contribution in [0.3, 0.4) is 0 Å². The molecule has 3 rings (SSSR count). The summed E-state index contributed by atoms with van der Waals surface area (Å²) in [5.74, 6) is 1.02. The maximum atomic E-state index is 9.17. The Morgan fingerprint density at radius 3 is 2.77 bits per heavy atom. The number of nitrogens with one attached hydrogen (secondary N) is 2. The Morgan fingerprint density at radius 2 is 2.08 bits per heavy atom. The highest BCUT2D eigenvalue weighted by molar-refractivity contribution is 7.19. The fourth-order valence-corrected chi connectivity index (χ4v) is 3.25. The van der Waals surface area contributed by atoms with Crippen LogP contribution in [0.1, 0.15) is 12.6 Å². The first kappa shape index (κ1) is 18.0. The van der Waals surface area contributed by atoms with Crippen molar-refractivity contribution in [2.24, 2.45) is 0 Å². The molecule has 0 radical (unpaired) electrons. The lowest BCUT2D eigenvalue weighted by molar-refractivity contribution is 0.281. The standard InChI is InChI=1S/C17H20N6O2S/c1-10(9-24)20-17-21-11(2)15(26-17)13-6-7-18-16(23-13)22-12-4-5-14(25-3)19-8-12/h4-8,10,24H,9H2,1-3H3,(H,20,21)(H,18,22,23). The van der Waals surface area contributed by atoms with E-state index in [9.17, 15) is 5.11 Å². The van der Waals surface area contributed by atoms with Gasteiger partial charge in [-0.3, -0.25) is 0 Å². The van der Waals surface area contributed by atoms with Crippen molar-refractivity contribution in [3.63, 3.8) is 0 Å². The van der Waals surface area contributed by atoms with Crippen molar-refractivity contribution in [2.45, 2.75) is 19.9 Å². The predicted octanol–water partition coefficient (Wildman–Crippen LogP) is 2.85. The van der Waals surface area contributed by atoms with E-state index in [0.717, 1.165) is 27.1 Å². The lowest BCUT2D eigenvalue weighted by Crippen LogP contribution is -2.18. The molecule has 0 aliphatic rings. The molecule has 136 valence electrons. The maximum Gasteiger partial charge on any atom is 0.227 e. The molecule has 0 fully saturated rings. The number of aliphatic hydroxyl groups is 1. The Balaban J connectivity index is 1.80. The van der Waals surface area contributed by atoms with Gasteiger partial charge in [0, 0.05) is 18.3 Å². The summed E-state index contributed by atoms with van der Waals surface area (Å²) in [4.78, 5) is 18.4. The molecule has 3 N–H and O–H groups in total. The third kappa shape index (κ3) is 4.24. The van der Waals surface area contributed by atoms with Crippen molar-refractivity contribution in [2.75, 3.05) is 24.4 Å². The molecule has 0 bridgehead atoms. The van der Waals surface area contributed by atoms with Gasteiger partial charge in [-0.05, 0) is 26.0 Å². The Labute approximate surface area is 155 Å². The number of thiazole rings is 1. The maximum absolute atomic E-state index is 9.17. The molecular weight excluding hydrogens is 352 g/mol. The van der Waals surface area contributed by atoms with E-state index in [4.69, 9.17) is 4.74 Å². The third-order valence-corrected chi connectivity index (χ3v) is 4.64. The average molecular weight is 372 g/mol. The van der Waals surface area contributed by atoms with Crippen LogP contribution < -0.4 is 15.4 Å². The molecule has 0 aromatic carbocycles. The van der Waals surface area contributed by atoms with E-state index < -0.39 is 0 Å². The second-order valence-electron chi connectivity index (χ2n) is 5.64. The largest absolute Gasteiger partial charge is 0.481 e. The molecule has 3 heterocycles. The second-order valence-corrected chi connectivity index (χ2v) is 6.64. The van der Waals surface area contributed by atoms with E-state index in [2.05, 4.69) is 30.6 Å². The molecule has 0 aliphatic heterocycles. The molecule has 8 nitrogen and oxygen atoms in total. The van der Waals surface area contributed by atoms with Gasteiger partial charge in [-0.2, -0.15) is 0 Å². The minimum atomic E-state index is -0.0569. The van der Waals surface area contributed by atoms with Crippen molar-refractivity contribution >= 4 is 28.1 Å². The van der Waals surface area contributed by atoms with Gasteiger partial charge >= 0.3 is 0 Å². The summed E-state index contributed by atoms with van der Waals surface area (Å²) in [6, 6.07) is 5.40. The van der Waals surface area contributed by atoms with Crippen molar-refractivity contribution in [1.82, 2.24) is 19.9 Å². The molecule has 9 heteroatoms. The van der Waals surface area contributed by atoms with E-state index >= 15 is 0 Å². The first-order valence-electron chi connectivity index (χ1n) is 8.04. The number of rotatable bonds is 7. The molecule has 0 spiro atoms. The van der Waals surface area contributed by atoms with E-state index in [1.54, 1.807) is 25.6 Å². The number of nitrogens with zero attached hydrogens (tertiary/aromatic N) is 4. The van der Waals surface area contributed by atoms with Gasteiger partial charge in [0.05, 0.1) is 41.9 Å². The zero-order valence-corrected chi connectivity index (χ0v) is 15.5. The van der Waals surface area contributed by atoms with E-state index in [1.807, 2.05) is 26.0 Å². The Hall–Kier alpha value is -2.78. The summed E-state index contributed by atoms with van der Waals surface area (Å²) < 4.78 is 5.05. The van der Waals surface area contributed by atoms with E-state index in [1.165, 1.54) is 11.3 Å². The topological polar surface area (TPSA) is 105 Å². The predicted molar refractivity (Wildman–Crippen MR) is 102 cm³/mol. The van der Waals surface area contributed by atoms with Gasteiger partial charge in [0.1, 0.15) is 0 Å². The molecule has 0 amide bonds. The number of anilines is 3. The highest BCUT2D eigenvalue weighted by Crippen LogP contribution is 2.32. The second kappa shape index (κ2) is 8.07. The molecule has 0 saturated carbocycles. The van der Waals surface area contributed by atoms with Crippen molar-refractivity contribution in [3.8, 4) is 16.5 Å². The number of hydrogen-bond donors (Lipinski definition) is 3. The van der Waals surface area contributed by atoms with Crippen LogP contribution in [0.15, 0.2) is 30.6 Å². The number of ether oxygens (including phenoxy) is 1. The number of hydrogen-bond acceptors (Lipinski definition) is 9. The molecule has 3 aromatic heterocycles. The molecule has 1 atom stereocenters. The minimum absolute atomic E-state index is 0.0471. The van der Waals surface area contributed by atoms with Gasteiger partial charge in [0.25, 0.3) is 0 Å². The van der Waals surface area contributed by atoms with Crippen LogP contribution in [-0.2, 0) is 0 Å². The van der Waals surface area contributed by atoms with Gasteiger partial charge in [0.15, 0.2) is 5.13 Å². The summed E-state index contributed by atoms with van der Waals surface area (Å²) in [5.41, 5.74) is 2.42. The summed E-state index contributed by atoms with van der Waals surface area (Å²) in [7, 11) is 1.57. The van der Waals surface area contributed by atoms with Crippen LogP contribution in [-0.4, -0.2) is 44.8 Å². The Morgan fingerprint density at radius 1 is 1.23 bits per heavy atom. The monoisotopic (exact) mass is 372 g/mol. The van der Waals surface area contributed by atoms with Gasteiger partial charge in [-0.15, -0.1) is 0 Å². The fraction of sp³-hybridized carbons (Fsp3) is 0.294. The summed E-state index contributed by atoms with van der Waals surface area (Å²) >= 11 is 1.50. The van der Waals surface area contributed by atoms with Crippen LogP contribution in [0.25, 0.3) is 10.6 Å². The van der Waals surface area contributed by atoms with Crippen LogP contribution in [0.4, 0.5) is 16.8 Å². The fourth-order valence-electron chi connectivity index (χ4n) is 2.20. The SMILES string of the molecule is COc1ccc(Nc2nccc(-c3sc(NC(C)CO)nc3C)n2)cn1. The van der Waals surface area contributed by atoms with Gasteiger partial charge in [-0.1, -0.05) is 11.3 Å². The highest BCUT2D eigenvalue weighted by Gasteiger charge is 2.13. The molecule has 0 saturated heterocycles. The normalized spacial score (nSPS) is 11.8. The average Bonchev–Trinajstić information content (AvgIpc) is 3.02. The van der Waals surface area contributed by atoms with Gasteiger partial charge in [0.2, 0.25) is 11.8 Å². The molecule has 3 aromatic rings. The lowest BCUT2D eigenvalue weighted by Gasteiger charge is -2.08. The van der Waals surface area contributed by atoms with Crippen molar-refractivity contribution in [3.05, 3.63) is 36.3 Å². The summed E-state index contributed by atoms with van der Waals surface area (Å²) in [6.45, 7) is 3.88. The third-order valence-electron chi connectivity index (χ3n) is 3.53. The number of methoxy groups -OCH3 is 1. The smallest absolute Gasteiger partial charge is 0.227 e. The van der Waals surface area contributed by atoms with Crippen molar-refractivity contribution < 1.29 is 9.84 Å². The first-order valence-corrected chi connectivity index (χ1v) is 8.86. The summed E-state index contributed by atoms with van der Waals surface area (Å²) in [5, 5.41) is 16.2. The van der Waals surface area contributed by atoms with E-state index in [0.29, 0.717) is 11.8 Å². The number of aliphatic hydroxyl groups excluding tert-OH is 1. The Bertz CT molecular complexity index is 868. The summed E-state index contributed by atoms with van der Waals surface area (Å²) in [6.07, 6.45) is 3.36. The molecule has 0 aliphatic carbocycles. The van der Waals surface area contributed by atoms with E-state index in [-0.39, 0.29) is 12.6 Å². The number of aromatic nitrogens is 4. The highest BCUT2D eigenvalue weighted by atomic mass is 32.1. The number of aryl methyl sites for hydroxylation is 1. The Kier molecular flexibility index (Phi) is 5.59. The van der Waals surface area contributed by atoms with Gasteiger partial charge in [-0.25, -0.2) is 19.9 Å².